The van der Waals surface area contributed by atoms with Gasteiger partial charge in [-0.15, -0.1) is 0 Å². The van der Waals surface area contributed by atoms with Gasteiger partial charge in [-0.05, 0) is 37.9 Å². The van der Waals surface area contributed by atoms with E-state index in [-0.39, 0.29) is 11.9 Å². The van der Waals surface area contributed by atoms with Crippen LogP contribution in [0.5, 0.6) is 0 Å². The van der Waals surface area contributed by atoms with Gasteiger partial charge in [0, 0.05) is 39.3 Å². The predicted octanol–water partition coefficient (Wildman–Crippen LogP) is 1.06. The van der Waals surface area contributed by atoms with Gasteiger partial charge in [-0.3, -0.25) is 9.69 Å². The van der Waals surface area contributed by atoms with Crippen LogP contribution in [0.1, 0.15) is 24.8 Å². The minimum atomic E-state index is 0.0457. The van der Waals surface area contributed by atoms with Crippen molar-refractivity contribution in [2.75, 3.05) is 45.8 Å². The molecule has 0 spiro atoms. The third kappa shape index (κ3) is 5.03. The molecular formula is C19H30N4O. The molecule has 0 radical (unpaired) electrons. The summed E-state index contributed by atoms with van der Waals surface area (Å²) in [6.45, 7) is 8.20. The molecular weight excluding hydrogens is 300 g/mol. The minimum absolute atomic E-state index is 0.0457. The first kappa shape index (κ1) is 17.4. The van der Waals surface area contributed by atoms with E-state index >= 15 is 0 Å². The smallest absolute Gasteiger partial charge is 0.237 e. The number of carbonyl (C=O) groups is 1. The van der Waals surface area contributed by atoms with Crippen molar-refractivity contribution in [3.05, 3.63) is 35.9 Å². The second-order valence-electron chi connectivity index (χ2n) is 6.85. The second-order valence-corrected chi connectivity index (χ2v) is 6.85. The topological polar surface area (TPSA) is 47.6 Å². The molecule has 0 bridgehead atoms. The summed E-state index contributed by atoms with van der Waals surface area (Å²) in [5, 5.41) is 6.53. The lowest BCUT2D eigenvalue weighted by Crippen LogP contribution is -2.45. The van der Waals surface area contributed by atoms with E-state index in [0.717, 1.165) is 71.6 Å². The van der Waals surface area contributed by atoms with Crippen LogP contribution in [0.15, 0.2) is 30.3 Å². The average Bonchev–Trinajstić information content (AvgIpc) is 3.08. The summed E-state index contributed by atoms with van der Waals surface area (Å²) in [6, 6.07) is 10.5. The summed E-state index contributed by atoms with van der Waals surface area (Å²) in [5.41, 5.74) is 1.29. The van der Waals surface area contributed by atoms with Crippen molar-refractivity contribution in [1.29, 1.82) is 0 Å². The van der Waals surface area contributed by atoms with Crippen LogP contribution in [0.25, 0.3) is 0 Å². The largest absolute Gasteiger partial charge is 0.355 e. The summed E-state index contributed by atoms with van der Waals surface area (Å²) >= 11 is 0. The fourth-order valence-electron chi connectivity index (χ4n) is 3.70. The predicted molar refractivity (Wildman–Crippen MR) is 96.8 cm³/mol. The SMILES string of the molecule is O=C(NCCCN1CCNCC1)C1CCCN1Cc1ccccc1. The third-order valence-corrected chi connectivity index (χ3v) is 5.05. The molecule has 2 aliphatic rings. The Bertz CT molecular complexity index is 501. The van der Waals surface area contributed by atoms with E-state index in [9.17, 15) is 4.79 Å². The quantitative estimate of drug-likeness (QED) is 0.734. The molecule has 2 heterocycles. The highest BCUT2D eigenvalue weighted by Crippen LogP contribution is 2.20. The van der Waals surface area contributed by atoms with Crippen LogP contribution in [0.4, 0.5) is 0 Å². The Hall–Kier alpha value is -1.43. The van der Waals surface area contributed by atoms with Crippen molar-refractivity contribution in [2.45, 2.75) is 31.8 Å². The molecule has 2 aliphatic heterocycles. The average molecular weight is 330 g/mol. The monoisotopic (exact) mass is 330 g/mol. The molecule has 1 aromatic carbocycles. The van der Waals surface area contributed by atoms with E-state index < -0.39 is 0 Å². The first-order valence-corrected chi connectivity index (χ1v) is 9.32. The van der Waals surface area contributed by atoms with Gasteiger partial charge >= 0.3 is 0 Å². The van der Waals surface area contributed by atoms with Crippen LogP contribution >= 0.6 is 0 Å². The molecule has 2 fully saturated rings. The molecule has 1 aromatic rings. The van der Waals surface area contributed by atoms with Gasteiger partial charge in [-0.25, -0.2) is 0 Å². The maximum atomic E-state index is 12.5. The van der Waals surface area contributed by atoms with Crippen LogP contribution in [0.3, 0.4) is 0 Å². The molecule has 1 unspecified atom stereocenters. The van der Waals surface area contributed by atoms with E-state index in [1.54, 1.807) is 0 Å². The summed E-state index contributed by atoms with van der Waals surface area (Å²) in [5.74, 6) is 0.212. The van der Waals surface area contributed by atoms with Crippen molar-refractivity contribution >= 4 is 5.91 Å². The van der Waals surface area contributed by atoms with Crippen LogP contribution in [-0.2, 0) is 11.3 Å². The number of rotatable bonds is 7. The van der Waals surface area contributed by atoms with Gasteiger partial charge < -0.3 is 15.5 Å². The van der Waals surface area contributed by atoms with Crippen molar-refractivity contribution in [1.82, 2.24) is 20.4 Å². The highest BCUT2D eigenvalue weighted by Gasteiger charge is 2.30. The van der Waals surface area contributed by atoms with Crippen molar-refractivity contribution < 1.29 is 4.79 Å². The molecule has 2 saturated heterocycles. The van der Waals surface area contributed by atoms with E-state index in [4.69, 9.17) is 0 Å². The lowest BCUT2D eigenvalue weighted by molar-refractivity contribution is -0.125. The zero-order chi connectivity index (χ0) is 16.6. The molecule has 2 N–H and O–H groups in total. The maximum absolute atomic E-state index is 12.5. The van der Waals surface area contributed by atoms with Crippen LogP contribution in [0.2, 0.25) is 0 Å². The Morgan fingerprint density at radius 3 is 2.75 bits per heavy atom. The molecule has 0 saturated carbocycles. The van der Waals surface area contributed by atoms with E-state index in [1.165, 1.54) is 5.56 Å². The first-order valence-electron chi connectivity index (χ1n) is 9.32. The standard InChI is InChI=1S/C19H30N4O/c24-19(21-9-5-12-22-14-10-20-11-15-22)18-8-4-13-23(18)16-17-6-2-1-3-7-17/h1-3,6-7,18,20H,4-5,8-16H2,(H,21,24). The second kappa shape index (κ2) is 9.16. The van der Waals surface area contributed by atoms with Gasteiger partial charge in [0.15, 0.2) is 0 Å². The van der Waals surface area contributed by atoms with Gasteiger partial charge in [0.05, 0.1) is 6.04 Å². The molecule has 5 nitrogen and oxygen atoms in total. The molecule has 0 aliphatic carbocycles. The van der Waals surface area contributed by atoms with Gasteiger partial charge in [-0.2, -0.15) is 0 Å². The zero-order valence-electron chi connectivity index (χ0n) is 14.5. The fraction of sp³-hybridized carbons (Fsp3) is 0.632. The summed E-state index contributed by atoms with van der Waals surface area (Å²) in [4.78, 5) is 17.3. The Labute approximate surface area is 145 Å². The van der Waals surface area contributed by atoms with Crippen LogP contribution in [-0.4, -0.2) is 67.6 Å². The fourth-order valence-corrected chi connectivity index (χ4v) is 3.70. The van der Waals surface area contributed by atoms with Gasteiger partial charge in [0.1, 0.15) is 0 Å². The number of nitrogens with one attached hydrogen (secondary N) is 2. The Balaban J connectivity index is 1.38. The van der Waals surface area contributed by atoms with Gasteiger partial charge in [0.2, 0.25) is 5.91 Å². The zero-order valence-corrected chi connectivity index (χ0v) is 14.5. The Kier molecular flexibility index (Phi) is 6.64. The summed E-state index contributed by atoms with van der Waals surface area (Å²) in [6.07, 6.45) is 3.14. The Morgan fingerprint density at radius 2 is 1.96 bits per heavy atom. The van der Waals surface area contributed by atoms with Crippen LogP contribution < -0.4 is 10.6 Å². The number of likely N-dealkylation sites (tertiary alicyclic amines) is 1. The number of hydrogen-bond donors (Lipinski definition) is 2. The van der Waals surface area contributed by atoms with Crippen LogP contribution in [0, 0.1) is 0 Å². The number of hydrogen-bond acceptors (Lipinski definition) is 4. The summed E-state index contributed by atoms with van der Waals surface area (Å²) in [7, 11) is 0. The van der Waals surface area contributed by atoms with E-state index in [1.807, 2.05) is 6.07 Å². The molecule has 5 heteroatoms. The van der Waals surface area contributed by atoms with Crippen molar-refractivity contribution in [2.24, 2.45) is 0 Å². The normalized spacial score (nSPS) is 22.6. The lowest BCUT2D eigenvalue weighted by atomic mass is 10.1. The minimum Gasteiger partial charge on any atom is -0.355 e. The highest BCUT2D eigenvalue weighted by molar-refractivity contribution is 5.82. The summed E-state index contributed by atoms with van der Waals surface area (Å²) < 4.78 is 0. The van der Waals surface area contributed by atoms with Gasteiger partial charge in [0.25, 0.3) is 0 Å². The molecule has 3 rings (SSSR count). The van der Waals surface area contributed by atoms with Gasteiger partial charge in [-0.1, -0.05) is 30.3 Å². The van der Waals surface area contributed by atoms with E-state index in [0.29, 0.717) is 0 Å². The van der Waals surface area contributed by atoms with Crippen molar-refractivity contribution in [3.63, 3.8) is 0 Å². The molecule has 24 heavy (non-hydrogen) atoms. The molecule has 0 aromatic heterocycles. The highest BCUT2D eigenvalue weighted by atomic mass is 16.2. The first-order chi connectivity index (χ1) is 11.8. The van der Waals surface area contributed by atoms with Crippen molar-refractivity contribution in [3.8, 4) is 0 Å². The molecule has 132 valence electrons. The van der Waals surface area contributed by atoms with E-state index in [2.05, 4.69) is 44.7 Å². The number of nitrogens with zero attached hydrogens (tertiary/aromatic N) is 2. The molecule has 1 amide bonds. The number of carbonyl (C=O) groups excluding carboxylic acids is 1. The Morgan fingerprint density at radius 1 is 1.17 bits per heavy atom. The third-order valence-electron chi connectivity index (χ3n) is 5.05. The number of amides is 1. The maximum Gasteiger partial charge on any atom is 0.237 e. The number of piperazine rings is 1. The lowest BCUT2D eigenvalue weighted by Gasteiger charge is -2.27. The number of benzene rings is 1. The molecule has 1 atom stereocenters.